The Balaban J connectivity index is 1.92. The fourth-order valence-electron chi connectivity index (χ4n) is 3.01. The summed E-state index contributed by atoms with van der Waals surface area (Å²) in [6.45, 7) is 6.40. The highest BCUT2D eigenvalue weighted by Crippen LogP contribution is 2.27. The van der Waals surface area contributed by atoms with Gasteiger partial charge in [-0.05, 0) is 42.6 Å². The predicted molar refractivity (Wildman–Crippen MR) is 84.7 cm³/mol. The highest BCUT2D eigenvalue weighted by molar-refractivity contribution is 9.10. The molecule has 1 aromatic rings. The van der Waals surface area contributed by atoms with Crippen molar-refractivity contribution in [3.63, 3.8) is 0 Å². The highest BCUT2D eigenvalue weighted by Gasteiger charge is 2.27. The lowest BCUT2D eigenvalue weighted by molar-refractivity contribution is 0.0249. The van der Waals surface area contributed by atoms with Crippen molar-refractivity contribution in [1.82, 2.24) is 15.1 Å². The maximum atomic E-state index is 10.6. The van der Waals surface area contributed by atoms with Gasteiger partial charge in [-0.15, -0.1) is 0 Å². The molecule has 1 saturated carbocycles. The zero-order valence-electron chi connectivity index (χ0n) is 12.6. The predicted octanol–water partition coefficient (Wildman–Crippen LogP) is 3.15. The first-order valence-corrected chi connectivity index (χ1v) is 8.50. The van der Waals surface area contributed by atoms with E-state index in [4.69, 9.17) is 0 Å². The molecule has 1 fully saturated rings. The number of aryl methyl sites for hydroxylation is 2. The zero-order chi connectivity index (χ0) is 14.6. The number of halogens is 1. The number of aromatic nitrogens is 2. The van der Waals surface area contributed by atoms with Crippen LogP contribution in [0.4, 0.5) is 0 Å². The Labute approximate surface area is 130 Å². The highest BCUT2D eigenvalue weighted by atomic mass is 79.9. The van der Waals surface area contributed by atoms with Crippen LogP contribution in [-0.2, 0) is 13.1 Å². The van der Waals surface area contributed by atoms with Crippen molar-refractivity contribution in [1.29, 1.82) is 0 Å². The summed E-state index contributed by atoms with van der Waals surface area (Å²) in [6.07, 6.45) is 6.66. The number of nitrogens with zero attached hydrogens (tertiary/aromatic N) is 2. The summed E-state index contributed by atoms with van der Waals surface area (Å²) in [5, 5.41) is 18.6. The zero-order valence-corrected chi connectivity index (χ0v) is 14.2. The Hall–Kier alpha value is -0.390. The molecule has 0 atom stereocenters. The largest absolute Gasteiger partial charge is 0.389 e. The van der Waals surface area contributed by atoms with E-state index in [-0.39, 0.29) is 0 Å². The molecule has 0 spiro atoms. The van der Waals surface area contributed by atoms with Gasteiger partial charge in [0.1, 0.15) is 0 Å². The first-order valence-electron chi connectivity index (χ1n) is 7.70. The van der Waals surface area contributed by atoms with Gasteiger partial charge in [0.05, 0.1) is 21.5 Å². The molecular formula is C15H26BrN3O. The molecule has 1 aromatic heterocycles. The summed E-state index contributed by atoms with van der Waals surface area (Å²) in [5.74, 6) is 0. The lowest BCUT2D eigenvalue weighted by Crippen LogP contribution is -2.40. The van der Waals surface area contributed by atoms with E-state index in [2.05, 4.69) is 33.3 Å². The maximum Gasteiger partial charge on any atom is 0.0771 e. The minimum atomic E-state index is -0.519. The lowest BCUT2D eigenvalue weighted by atomic mass is 9.94. The van der Waals surface area contributed by atoms with Crippen LogP contribution in [0.25, 0.3) is 0 Å². The fraction of sp³-hybridized carbons (Fsp3) is 0.800. The number of aliphatic hydroxyl groups is 1. The van der Waals surface area contributed by atoms with Crippen molar-refractivity contribution in [3.8, 4) is 0 Å². The third-order valence-electron chi connectivity index (χ3n) is 4.23. The van der Waals surface area contributed by atoms with Crippen LogP contribution in [0.2, 0.25) is 0 Å². The first kappa shape index (κ1) is 16.0. The molecule has 0 unspecified atom stereocenters. The molecule has 1 aliphatic carbocycles. The van der Waals surface area contributed by atoms with Gasteiger partial charge in [-0.3, -0.25) is 4.68 Å². The third-order valence-corrected chi connectivity index (χ3v) is 5.27. The lowest BCUT2D eigenvalue weighted by Gasteiger charge is -2.27. The van der Waals surface area contributed by atoms with Crippen molar-refractivity contribution in [2.24, 2.45) is 0 Å². The standard InChI is InChI=1S/C15H26BrN3O/c1-3-19-13(14(16)12(2)18-19)10-17-11-15(20)8-6-4-5-7-9-15/h17,20H,3-11H2,1-2H3. The van der Waals surface area contributed by atoms with Crippen molar-refractivity contribution < 1.29 is 5.11 Å². The monoisotopic (exact) mass is 343 g/mol. The molecule has 1 aliphatic rings. The Morgan fingerprint density at radius 3 is 2.55 bits per heavy atom. The minimum absolute atomic E-state index is 0.519. The third kappa shape index (κ3) is 3.83. The second-order valence-corrected chi connectivity index (χ2v) is 6.70. The molecule has 0 saturated heterocycles. The molecule has 0 bridgehead atoms. The number of rotatable bonds is 5. The average molecular weight is 344 g/mol. The second-order valence-electron chi connectivity index (χ2n) is 5.90. The van der Waals surface area contributed by atoms with E-state index in [1.54, 1.807) is 0 Å². The Morgan fingerprint density at radius 2 is 1.95 bits per heavy atom. The number of hydrogen-bond acceptors (Lipinski definition) is 3. The average Bonchev–Trinajstić information content (AvgIpc) is 2.60. The van der Waals surface area contributed by atoms with Gasteiger partial charge in [-0.2, -0.15) is 5.10 Å². The summed E-state index contributed by atoms with van der Waals surface area (Å²) in [7, 11) is 0. The van der Waals surface area contributed by atoms with Crippen molar-refractivity contribution >= 4 is 15.9 Å². The van der Waals surface area contributed by atoms with Crippen LogP contribution in [0.1, 0.15) is 56.8 Å². The van der Waals surface area contributed by atoms with E-state index >= 15 is 0 Å². The van der Waals surface area contributed by atoms with E-state index < -0.39 is 5.60 Å². The van der Waals surface area contributed by atoms with Gasteiger partial charge in [-0.1, -0.05) is 25.7 Å². The summed E-state index contributed by atoms with van der Waals surface area (Å²) in [6, 6.07) is 0. The number of hydrogen-bond donors (Lipinski definition) is 2. The van der Waals surface area contributed by atoms with Crippen LogP contribution >= 0.6 is 15.9 Å². The molecule has 20 heavy (non-hydrogen) atoms. The molecule has 114 valence electrons. The maximum absolute atomic E-state index is 10.6. The molecule has 0 radical (unpaired) electrons. The SMILES string of the molecule is CCn1nc(C)c(Br)c1CNCC1(O)CCCCCC1. The van der Waals surface area contributed by atoms with Crippen molar-refractivity contribution in [3.05, 3.63) is 15.9 Å². The Bertz CT molecular complexity index is 437. The van der Waals surface area contributed by atoms with Gasteiger partial charge in [0.15, 0.2) is 0 Å². The second kappa shape index (κ2) is 7.05. The van der Waals surface area contributed by atoms with Crippen LogP contribution < -0.4 is 5.32 Å². The topological polar surface area (TPSA) is 50.1 Å². The first-order chi connectivity index (χ1) is 9.56. The van der Waals surface area contributed by atoms with Gasteiger partial charge in [0.2, 0.25) is 0 Å². The summed E-state index contributed by atoms with van der Waals surface area (Å²) in [4.78, 5) is 0. The Morgan fingerprint density at radius 1 is 1.30 bits per heavy atom. The fourth-order valence-corrected chi connectivity index (χ4v) is 3.44. The van der Waals surface area contributed by atoms with Gasteiger partial charge in [0, 0.05) is 19.6 Å². The van der Waals surface area contributed by atoms with Gasteiger partial charge in [0.25, 0.3) is 0 Å². The molecular weight excluding hydrogens is 318 g/mol. The summed E-state index contributed by atoms with van der Waals surface area (Å²) in [5.41, 5.74) is 1.67. The Kier molecular flexibility index (Phi) is 5.64. The normalized spacial score (nSPS) is 19.0. The van der Waals surface area contributed by atoms with Crippen LogP contribution in [0.3, 0.4) is 0 Å². The van der Waals surface area contributed by atoms with E-state index in [1.165, 1.54) is 18.5 Å². The minimum Gasteiger partial charge on any atom is -0.389 e. The van der Waals surface area contributed by atoms with Crippen LogP contribution in [0.5, 0.6) is 0 Å². The van der Waals surface area contributed by atoms with Crippen LogP contribution in [0.15, 0.2) is 4.47 Å². The molecule has 0 aromatic carbocycles. The van der Waals surface area contributed by atoms with Crippen molar-refractivity contribution in [2.45, 2.75) is 71.1 Å². The van der Waals surface area contributed by atoms with E-state index in [0.29, 0.717) is 6.54 Å². The van der Waals surface area contributed by atoms with E-state index in [9.17, 15) is 5.11 Å². The molecule has 0 aliphatic heterocycles. The van der Waals surface area contributed by atoms with Crippen molar-refractivity contribution in [2.75, 3.05) is 6.54 Å². The summed E-state index contributed by atoms with van der Waals surface area (Å²) >= 11 is 3.61. The smallest absolute Gasteiger partial charge is 0.0771 e. The summed E-state index contributed by atoms with van der Waals surface area (Å²) < 4.78 is 3.10. The van der Waals surface area contributed by atoms with Gasteiger partial charge < -0.3 is 10.4 Å². The quantitative estimate of drug-likeness (QED) is 0.807. The number of nitrogens with one attached hydrogen (secondary N) is 1. The van der Waals surface area contributed by atoms with E-state index in [1.807, 2.05) is 11.6 Å². The molecule has 1 heterocycles. The molecule has 2 N–H and O–H groups in total. The van der Waals surface area contributed by atoms with Gasteiger partial charge in [-0.25, -0.2) is 0 Å². The molecule has 5 heteroatoms. The van der Waals surface area contributed by atoms with Crippen LogP contribution in [-0.4, -0.2) is 27.0 Å². The molecule has 4 nitrogen and oxygen atoms in total. The molecule has 0 amide bonds. The van der Waals surface area contributed by atoms with Crippen LogP contribution in [0, 0.1) is 6.92 Å². The van der Waals surface area contributed by atoms with Gasteiger partial charge >= 0.3 is 0 Å². The van der Waals surface area contributed by atoms with E-state index in [0.717, 1.165) is 48.9 Å². The molecule has 2 rings (SSSR count).